The van der Waals surface area contributed by atoms with E-state index in [0.29, 0.717) is 24.1 Å². The molecule has 150 valence electrons. The standard InChI is InChI=1S/C20H24N4O2.C2H6/c1-4-5-6-15-7-13(2)17(11-21-15)16-8-14-10-22-19(23-12-25)9-18(14)24-20(16)26-3;1-2/h7-12,15,21H,4-6H2,1-3H3,(H,22,23,25);1-2H3. The van der Waals surface area contributed by atoms with Crippen molar-refractivity contribution < 1.29 is 9.53 Å². The van der Waals surface area contributed by atoms with E-state index in [4.69, 9.17) is 4.74 Å². The van der Waals surface area contributed by atoms with Crippen molar-refractivity contribution in [2.45, 2.75) is 53.0 Å². The first kappa shape index (κ1) is 21.4. The zero-order chi connectivity index (χ0) is 20.5. The maximum Gasteiger partial charge on any atom is 0.221 e. The Kier molecular flexibility index (Phi) is 7.99. The molecule has 0 aromatic carbocycles. The highest BCUT2D eigenvalue weighted by Gasteiger charge is 2.18. The van der Waals surface area contributed by atoms with Crippen LogP contribution in [0.2, 0.25) is 0 Å². The normalized spacial score (nSPS) is 15.5. The van der Waals surface area contributed by atoms with E-state index >= 15 is 0 Å². The molecule has 0 aliphatic carbocycles. The molecule has 2 aromatic heterocycles. The number of methoxy groups -OCH3 is 1. The third-order valence-corrected chi connectivity index (χ3v) is 4.54. The number of hydrogen-bond donors (Lipinski definition) is 2. The molecule has 6 nitrogen and oxygen atoms in total. The summed E-state index contributed by atoms with van der Waals surface area (Å²) in [5.74, 6) is 1.01. The Morgan fingerprint density at radius 1 is 1.32 bits per heavy atom. The van der Waals surface area contributed by atoms with Crippen LogP contribution in [0.25, 0.3) is 16.5 Å². The van der Waals surface area contributed by atoms with E-state index in [1.54, 1.807) is 19.4 Å². The minimum atomic E-state index is 0.372. The maximum absolute atomic E-state index is 10.6. The fourth-order valence-corrected chi connectivity index (χ4v) is 3.16. The van der Waals surface area contributed by atoms with E-state index in [-0.39, 0.29) is 0 Å². The number of rotatable bonds is 7. The largest absolute Gasteiger partial charge is 0.481 e. The molecule has 0 bridgehead atoms. The number of carbonyl (C=O) groups is 1. The van der Waals surface area contributed by atoms with Gasteiger partial charge in [0.05, 0.1) is 12.6 Å². The Hall–Kier alpha value is -2.89. The molecule has 2 aromatic rings. The van der Waals surface area contributed by atoms with Crippen molar-refractivity contribution in [2.75, 3.05) is 12.4 Å². The van der Waals surface area contributed by atoms with E-state index < -0.39 is 0 Å². The van der Waals surface area contributed by atoms with Crippen LogP contribution in [0.3, 0.4) is 0 Å². The first-order valence-corrected chi connectivity index (χ1v) is 9.86. The predicted molar refractivity (Wildman–Crippen MR) is 115 cm³/mol. The number of aromatic nitrogens is 2. The lowest BCUT2D eigenvalue weighted by atomic mass is 9.94. The van der Waals surface area contributed by atoms with E-state index in [1.165, 1.54) is 18.4 Å². The van der Waals surface area contributed by atoms with Gasteiger partial charge in [0.1, 0.15) is 5.82 Å². The van der Waals surface area contributed by atoms with Crippen molar-refractivity contribution in [1.29, 1.82) is 0 Å². The lowest BCUT2D eigenvalue weighted by molar-refractivity contribution is -0.105. The summed E-state index contributed by atoms with van der Waals surface area (Å²) in [5, 5.41) is 6.90. The van der Waals surface area contributed by atoms with Gasteiger partial charge < -0.3 is 15.4 Å². The Bertz CT molecular complexity index is 874. The third-order valence-electron chi connectivity index (χ3n) is 4.54. The molecular formula is C22H30N4O2. The van der Waals surface area contributed by atoms with Crippen LogP contribution >= 0.6 is 0 Å². The van der Waals surface area contributed by atoms with Gasteiger partial charge in [-0.3, -0.25) is 4.79 Å². The van der Waals surface area contributed by atoms with Gasteiger partial charge in [-0.05, 0) is 25.0 Å². The first-order chi connectivity index (χ1) is 13.7. The minimum absolute atomic E-state index is 0.372. The summed E-state index contributed by atoms with van der Waals surface area (Å²) in [6.07, 6.45) is 10.1. The second kappa shape index (κ2) is 10.4. The van der Waals surface area contributed by atoms with Crippen LogP contribution in [0, 0.1) is 0 Å². The Morgan fingerprint density at radius 2 is 2.11 bits per heavy atom. The second-order valence-electron chi connectivity index (χ2n) is 6.39. The molecule has 3 rings (SSSR count). The fourth-order valence-electron chi connectivity index (χ4n) is 3.16. The van der Waals surface area contributed by atoms with Crippen LogP contribution in [0.4, 0.5) is 5.82 Å². The lowest BCUT2D eigenvalue weighted by Crippen LogP contribution is -2.25. The zero-order valence-electron chi connectivity index (χ0n) is 17.4. The minimum Gasteiger partial charge on any atom is -0.481 e. The first-order valence-electron chi connectivity index (χ1n) is 9.86. The number of carbonyl (C=O) groups excluding carboxylic acids is 1. The summed E-state index contributed by atoms with van der Waals surface area (Å²) in [5.41, 5.74) is 3.92. The van der Waals surface area contributed by atoms with Gasteiger partial charge >= 0.3 is 0 Å². The summed E-state index contributed by atoms with van der Waals surface area (Å²) >= 11 is 0. The Balaban J connectivity index is 0.00000136. The summed E-state index contributed by atoms with van der Waals surface area (Å²) in [4.78, 5) is 19.4. The highest BCUT2D eigenvalue weighted by Crippen LogP contribution is 2.34. The maximum atomic E-state index is 10.6. The van der Waals surface area contributed by atoms with Crippen molar-refractivity contribution in [3.05, 3.63) is 41.7 Å². The third kappa shape index (κ3) is 4.88. The molecule has 28 heavy (non-hydrogen) atoms. The molecule has 0 saturated carbocycles. The van der Waals surface area contributed by atoms with E-state index in [1.807, 2.05) is 19.9 Å². The number of unbranched alkanes of at least 4 members (excludes halogenated alkanes) is 1. The molecule has 0 saturated heterocycles. The quantitative estimate of drug-likeness (QED) is 0.680. The molecule has 1 amide bonds. The van der Waals surface area contributed by atoms with Crippen molar-refractivity contribution in [1.82, 2.24) is 15.3 Å². The number of fused-ring (bicyclic) bond motifs is 1. The molecule has 1 atom stereocenters. The van der Waals surface area contributed by atoms with Crippen LogP contribution in [-0.2, 0) is 4.79 Å². The van der Waals surface area contributed by atoms with Gasteiger partial charge in [-0.2, -0.15) is 0 Å². The summed E-state index contributed by atoms with van der Waals surface area (Å²) < 4.78 is 5.53. The molecule has 0 fully saturated rings. The van der Waals surface area contributed by atoms with Gasteiger partial charge in [0.2, 0.25) is 12.3 Å². The van der Waals surface area contributed by atoms with Crippen molar-refractivity contribution in [3.8, 4) is 5.88 Å². The van der Waals surface area contributed by atoms with Gasteiger partial charge in [0.25, 0.3) is 0 Å². The number of anilines is 1. The molecule has 1 aliphatic rings. The number of nitrogens with zero attached hydrogens (tertiary/aromatic N) is 2. The van der Waals surface area contributed by atoms with Gasteiger partial charge in [-0.25, -0.2) is 9.97 Å². The molecule has 0 spiro atoms. The smallest absolute Gasteiger partial charge is 0.221 e. The fraction of sp³-hybridized carbons (Fsp3) is 0.409. The number of pyridine rings is 2. The number of allylic oxidation sites excluding steroid dienone is 2. The molecule has 1 unspecified atom stereocenters. The second-order valence-corrected chi connectivity index (χ2v) is 6.39. The lowest BCUT2D eigenvalue weighted by Gasteiger charge is -2.23. The Morgan fingerprint density at radius 3 is 2.75 bits per heavy atom. The number of hydrogen-bond acceptors (Lipinski definition) is 5. The number of dihydropyridines is 1. The zero-order valence-corrected chi connectivity index (χ0v) is 17.4. The SMILES string of the molecule is CC.CCCCC1C=C(C)C(c2cc3cnc(NC=O)cc3nc2OC)=CN1. The molecular weight excluding hydrogens is 352 g/mol. The number of nitrogens with one attached hydrogen (secondary N) is 2. The monoisotopic (exact) mass is 382 g/mol. The van der Waals surface area contributed by atoms with Crippen LogP contribution in [0.15, 0.2) is 36.2 Å². The average Bonchev–Trinajstić information content (AvgIpc) is 2.73. The van der Waals surface area contributed by atoms with Crippen molar-refractivity contribution in [2.24, 2.45) is 0 Å². The van der Waals surface area contributed by atoms with Crippen LogP contribution in [0.1, 0.15) is 52.5 Å². The van der Waals surface area contributed by atoms with E-state index in [2.05, 4.69) is 46.7 Å². The summed E-state index contributed by atoms with van der Waals surface area (Å²) in [6, 6.07) is 4.13. The van der Waals surface area contributed by atoms with E-state index in [0.717, 1.165) is 28.5 Å². The summed E-state index contributed by atoms with van der Waals surface area (Å²) in [6.45, 7) is 8.32. The molecule has 0 radical (unpaired) electrons. The van der Waals surface area contributed by atoms with Crippen LogP contribution in [-0.4, -0.2) is 29.5 Å². The molecule has 3 heterocycles. The topological polar surface area (TPSA) is 76.1 Å². The van der Waals surface area contributed by atoms with Gasteiger partial charge in [-0.1, -0.05) is 39.7 Å². The van der Waals surface area contributed by atoms with E-state index in [9.17, 15) is 4.79 Å². The Labute approximate surface area is 167 Å². The molecule has 6 heteroatoms. The van der Waals surface area contributed by atoms with Gasteiger partial charge in [0, 0.05) is 41.0 Å². The highest BCUT2D eigenvalue weighted by molar-refractivity contribution is 5.90. The highest BCUT2D eigenvalue weighted by atomic mass is 16.5. The van der Waals surface area contributed by atoms with Crippen molar-refractivity contribution in [3.63, 3.8) is 0 Å². The predicted octanol–water partition coefficient (Wildman–Crippen LogP) is 4.68. The average molecular weight is 383 g/mol. The number of amides is 1. The number of ether oxygens (including phenoxy) is 1. The van der Waals surface area contributed by atoms with Crippen molar-refractivity contribution >= 4 is 28.7 Å². The molecule has 2 N–H and O–H groups in total. The van der Waals surface area contributed by atoms with Crippen LogP contribution < -0.4 is 15.4 Å². The van der Waals surface area contributed by atoms with Gasteiger partial charge in [-0.15, -0.1) is 0 Å². The van der Waals surface area contributed by atoms with Gasteiger partial charge in [0.15, 0.2) is 0 Å². The summed E-state index contributed by atoms with van der Waals surface area (Å²) in [7, 11) is 1.61. The molecule has 1 aliphatic heterocycles. The van der Waals surface area contributed by atoms with Crippen LogP contribution in [0.5, 0.6) is 5.88 Å².